The Morgan fingerprint density at radius 2 is 2.28 bits per heavy atom. The number of hydrogen-bond acceptors (Lipinski definition) is 4. The van der Waals surface area contributed by atoms with Gasteiger partial charge in [-0.3, -0.25) is 0 Å². The molecule has 0 radical (unpaired) electrons. The standard InChI is InChI=1S/C13H18N2O3/c1-18-12-4-2-3-10(12)15-11-7-8(13(16)17)5-6-9(11)14/h5-7,10,12,15H,2-4,14H2,1H3,(H,16,17). The summed E-state index contributed by atoms with van der Waals surface area (Å²) < 4.78 is 5.39. The molecule has 4 N–H and O–H groups in total. The largest absolute Gasteiger partial charge is 0.478 e. The van der Waals surface area contributed by atoms with Crippen molar-refractivity contribution in [1.29, 1.82) is 0 Å². The Kier molecular flexibility index (Phi) is 3.72. The lowest BCUT2D eigenvalue weighted by Crippen LogP contribution is -2.30. The van der Waals surface area contributed by atoms with Crippen LogP contribution in [-0.4, -0.2) is 30.3 Å². The lowest BCUT2D eigenvalue weighted by molar-refractivity contribution is 0.0697. The van der Waals surface area contributed by atoms with Crippen LogP contribution in [0.15, 0.2) is 18.2 Å². The van der Waals surface area contributed by atoms with E-state index in [-0.39, 0.29) is 17.7 Å². The van der Waals surface area contributed by atoms with E-state index in [1.165, 1.54) is 6.07 Å². The number of carboxylic acids is 1. The molecule has 1 fully saturated rings. The van der Waals surface area contributed by atoms with E-state index >= 15 is 0 Å². The number of aromatic carboxylic acids is 1. The molecule has 5 nitrogen and oxygen atoms in total. The van der Waals surface area contributed by atoms with Crippen molar-refractivity contribution in [3.63, 3.8) is 0 Å². The first-order chi connectivity index (χ1) is 8.61. The van der Waals surface area contributed by atoms with Gasteiger partial charge in [0.25, 0.3) is 0 Å². The summed E-state index contributed by atoms with van der Waals surface area (Å²) in [5, 5.41) is 12.3. The zero-order valence-electron chi connectivity index (χ0n) is 10.3. The number of methoxy groups -OCH3 is 1. The summed E-state index contributed by atoms with van der Waals surface area (Å²) in [4.78, 5) is 10.9. The summed E-state index contributed by atoms with van der Waals surface area (Å²) in [6.45, 7) is 0. The van der Waals surface area contributed by atoms with Crippen LogP contribution >= 0.6 is 0 Å². The van der Waals surface area contributed by atoms with Crippen molar-refractivity contribution >= 4 is 17.3 Å². The quantitative estimate of drug-likeness (QED) is 0.711. The van der Waals surface area contributed by atoms with Gasteiger partial charge in [0.2, 0.25) is 0 Å². The van der Waals surface area contributed by atoms with Crippen molar-refractivity contribution in [2.24, 2.45) is 0 Å². The third kappa shape index (κ3) is 2.56. The third-order valence-electron chi connectivity index (χ3n) is 3.40. The Labute approximate surface area is 106 Å². The van der Waals surface area contributed by atoms with Crippen LogP contribution in [-0.2, 0) is 4.74 Å². The van der Waals surface area contributed by atoms with Crippen molar-refractivity contribution in [2.75, 3.05) is 18.2 Å². The molecule has 1 aromatic rings. The maximum atomic E-state index is 10.9. The molecule has 0 amide bonds. The Hall–Kier alpha value is -1.75. The SMILES string of the molecule is COC1CCCC1Nc1cc(C(=O)O)ccc1N. The summed E-state index contributed by atoms with van der Waals surface area (Å²) in [5.41, 5.74) is 7.32. The van der Waals surface area contributed by atoms with Gasteiger partial charge < -0.3 is 20.9 Å². The minimum atomic E-state index is -0.951. The molecule has 1 aliphatic rings. The number of nitrogen functional groups attached to an aromatic ring is 1. The topological polar surface area (TPSA) is 84.6 Å². The van der Waals surface area contributed by atoms with Gasteiger partial charge in [-0.2, -0.15) is 0 Å². The molecule has 0 aliphatic heterocycles. The first kappa shape index (κ1) is 12.7. The molecule has 0 spiro atoms. The predicted molar refractivity (Wildman–Crippen MR) is 69.9 cm³/mol. The van der Waals surface area contributed by atoms with Gasteiger partial charge in [0.1, 0.15) is 0 Å². The monoisotopic (exact) mass is 250 g/mol. The number of hydrogen-bond donors (Lipinski definition) is 3. The van der Waals surface area contributed by atoms with Crippen molar-refractivity contribution < 1.29 is 14.6 Å². The van der Waals surface area contributed by atoms with Crippen LogP contribution in [0.4, 0.5) is 11.4 Å². The van der Waals surface area contributed by atoms with Gasteiger partial charge >= 0.3 is 5.97 Å². The fraction of sp³-hybridized carbons (Fsp3) is 0.462. The molecule has 18 heavy (non-hydrogen) atoms. The number of ether oxygens (including phenoxy) is 1. The van der Waals surface area contributed by atoms with Crippen molar-refractivity contribution in [3.8, 4) is 0 Å². The van der Waals surface area contributed by atoms with Crippen LogP contribution in [0.2, 0.25) is 0 Å². The second-order valence-electron chi connectivity index (χ2n) is 4.56. The van der Waals surface area contributed by atoms with Gasteiger partial charge in [0.05, 0.1) is 29.1 Å². The Morgan fingerprint density at radius 3 is 2.94 bits per heavy atom. The second-order valence-corrected chi connectivity index (χ2v) is 4.56. The first-order valence-corrected chi connectivity index (χ1v) is 6.04. The first-order valence-electron chi connectivity index (χ1n) is 6.04. The Bertz CT molecular complexity index is 448. The van der Waals surface area contributed by atoms with E-state index in [9.17, 15) is 4.79 Å². The average Bonchev–Trinajstić information content (AvgIpc) is 2.79. The molecule has 1 aliphatic carbocycles. The summed E-state index contributed by atoms with van der Waals surface area (Å²) >= 11 is 0. The molecule has 1 saturated carbocycles. The normalized spacial score (nSPS) is 22.9. The molecular weight excluding hydrogens is 232 g/mol. The van der Waals surface area contributed by atoms with Gasteiger partial charge in [-0.15, -0.1) is 0 Å². The summed E-state index contributed by atoms with van der Waals surface area (Å²) in [6.07, 6.45) is 3.30. The number of carbonyl (C=O) groups is 1. The minimum absolute atomic E-state index is 0.165. The number of nitrogens with two attached hydrogens (primary N) is 1. The van der Waals surface area contributed by atoms with Crippen LogP contribution in [0.3, 0.4) is 0 Å². The van der Waals surface area contributed by atoms with Gasteiger partial charge in [-0.1, -0.05) is 0 Å². The average molecular weight is 250 g/mol. The smallest absolute Gasteiger partial charge is 0.335 e. The van der Waals surface area contributed by atoms with Crippen LogP contribution in [0.25, 0.3) is 0 Å². The highest BCUT2D eigenvalue weighted by molar-refractivity contribution is 5.90. The molecule has 0 heterocycles. The van der Waals surface area contributed by atoms with Crippen molar-refractivity contribution in [3.05, 3.63) is 23.8 Å². The van der Waals surface area contributed by atoms with E-state index in [1.54, 1.807) is 19.2 Å². The number of carboxylic acid groups (broad SMARTS) is 1. The molecule has 0 aromatic heterocycles. The summed E-state index contributed by atoms with van der Waals surface area (Å²) in [5.74, 6) is -0.951. The van der Waals surface area contributed by atoms with E-state index in [1.807, 2.05) is 0 Å². The van der Waals surface area contributed by atoms with Gasteiger partial charge in [0, 0.05) is 7.11 Å². The molecule has 2 rings (SSSR count). The van der Waals surface area contributed by atoms with Crippen LogP contribution in [0.5, 0.6) is 0 Å². The van der Waals surface area contributed by atoms with E-state index in [0.29, 0.717) is 11.4 Å². The van der Waals surface area contributed by atoms with E-state index in [0.717, 1.165) is 19.3 Å². The second kappa shape index (κ2) is 5.27. The van der Waals surface area contributed by atoms with E-state index in [4.69, 9.17) is 15.6 Å². The number of rotatable bonds is 4. The molecule has 0 bridgehead atoms. The molecule has 0 saturated heterocycles. The van der Waals surface area contributed by atoms with E-state index < -0.39 is 5.97 Å². The maximum Gasteiger partial charge on any atom is 0.335 e. The maximum absolute atomic E-state index is 10.9. The van der Waals surface area contributed by atoms with Crippen LogP contribution in [0, 0.1) is 0 Å². The van der Waals surface area contributed by atoms with Crippen molar-refractivity contribution in [2.45, 2.75) is 31.4 Å². The third-order valence-corrected chi connectivity index (χ3v) is 3.40. The number of anilines is 2. The molecule has 1 aromatic carbocycles. The molecule has 5 heteroatoms. The van der Waals surface area contributed by atoms with Crippen molar-refractivity contribution in [1.82, 2.24) is 0 Å². The highest BCUT2D eigenvalue weighted by atomic mass is 16.5. The molecule has 2 unspecified atom stereocenters. The predicted octanol–water partition coefficient (Wildman–Crippen LogP) is 1.95. The summed E-state index contributed by atoms with van der Waals surface area (Å²) in [6, 6.07) is 4.89. The molecular formula is C13H18N2O3. The Balaban J connectivity index is 2.17. The number of nitrogens with one attached hydrogen (secondary N) is 1. The fourth-order valence-corrected chi connectivity index (χ4v) is 2.39. The zero-order valence-corrected chi connectivity index (χ0v) is 10.3. The van der Waals surface area contributed by atoms with Gasteiger partial charge in [-0.05, 0) is 37.5 Å². The lowest BCUT2D eigenvalue weighted by atomic mass is 10.1. The van der Waals surface area contributed by atoms with Crippen LogP contribution in [0.1, 0.15) is 29.6 Å². The Morgan fingerprint density at radius 1 is 1.50 bits per heavy atom. The van der Waals surface area contributed by atoms with Crippen LogP contribution < -0.4 is 11.1 Å². The highest BCUT2D eigenvalue weighted by Crippen LogP contribution is 2.28. The van der Waals surface area contributed by atoms with E-state index in [2.05, 4.69) is 5.32 Å². The molecule has 98 valence electrons. The van der Waals surface area contributed by atoms with Gasteiger partial charge in [0.15, 0.2) is 0 Å². The zero-order chi connectivity index (χ0) is 13.1. The highest BCUT2D eigenvalue weighted by Gasteiger charge is 2.27. The van der Waals surface area contributed by atoms with Gasteiger partial charge in [-0.25, -0.2) is 4.79 Å². The summed E-state index contributed by atoms with van der Waals surface area (Å²) in [7, 11) is 1.70. The molecule has 2 atom stereocenters. The fourth-order valence-electron chi connectivity index (χ4n) is 2.39. The number of benzene rings is 1. The lowest BCUT2D eigenvalue weighted by Gasteiger charge is -2.22. The minimum Gasteiger partial charge on any atom is -0.478 e.